The third-order valence-electron chi connectivity index (χ3n) is 2.66. The summed E-state index contributed by atoms with van der Waals surface area (Å²) in [6.45, 7) is 3.59. The van der Waals surface area contributed by atoms with Crippen LogP contribution >= 0.6 is 0 Å². The Morgan fingerprint density at radius 3 is 2.92 bits per heavy atom. The van der Waals surface area contributed by atoms with Crippen molar-refractivity contribution in [2.45, 2.75) is 39.5 Å². The van der Waals surface area contributed by atoms with E-state index in [9.17, 15) is 4.79 Å². The molecular formula is C11H14O2. The van der Waals surface area contributed by atoms with Gasteiger partial charge in [-0.25, -0.2) is 0 Å². The summed E-state index contributed by atoms with van der Waals surface area (Å²) >= 11 is 0. The van der Waals surface area contributed by atoms with Gasteiger partial charge in [-0.05, 0) is 32.3 Å². The molecule has 0 aromatic carbocycles. The van der Waals surface area contributed by atoms with E-state index in [1.165, 1.54) is 12.0 Å². The number of furan rings is 1. The quantitative estimate of drug-likeness (QED) is 0.695. The SMILES string of the molecule is CC(=O)Cc1c(C)oc2c1CCC2. The standard InChI is InChI=1S/C11H14O2/c1-7(12)6-10-8(2)13-11-5-3-4-9(10)11/h3-6H2,1-2H3. The molecule has 1 aromatic heterocycles. The Bertz CT molecular complexity index is 347. The van der Waals surface area contributed by atoms with Crippen LogP contribution in [0.2, 0.25) is 0 Å². The molecule has 0 saturated heterocycles. The van der Waals surface area contributed by atoms with E-state index in [1.54, 1.807) is 6.92 Å². The monoisotopic (exact) mass is 178 g/mol. The summed E-state index contributed by atoms with van der Waals surface area (Å²) in [4.78, 5) is 11.0. The lowest BCUT2D eigenvalue weighted by Crippen LogP contribution is -1.99. The molecule has 0 spiro atoms. The Balaban J connectivity index is 2.38. The van der Waals surface area contributed by atoms with Crippen LogP contribution in [-0.4, -0.2) is 5.78 Å². The zero-order valence-corrected chi connectivity index (χ0v) is 8.14. The fourth-order valence-electron chi connectivity index (χ4n) is 2.09. The summed E-state index contributed by atoms with van der Waals surface area (Å²) < 4.78 is 5.61. The van der Waals surface area contributed by atoms with Crippen molar-refractivity contribution >= 4 is 5.78 Å². The van der Waals surface area contributed by atoms with Crippen molar-refractivity contribution < 1.29 is 9.21 Å². The zero-order chi connectivity index (χ0) is 9.42. The van der Waals surface area contributed by atoms with Crippen molar-refractivity contribution in [1.82, 2.24) is 0 Å². The molecular weight excluding hydrogens is 164 g/mol. The Hall–Kier alpha value is -1.05. The van der Waals surface area contributed by atoms with E-state index in [2.05, 4.69) is 0 Å². The van der Waals surface area contributed by atoms with Crippen LogP contribution in [0.4, 0.5) is 0 Å². The summed E-state index contributed by atoms with van der Waals surface area (Å²) in [5, 5.41) is 0. The second-order valence-corrected chi connectivity index (χ2v) is 3.77. The molecule has 0 fully saturated rings. The van der Waals surface area contributed by atoms with Gasteiger partial charge in [0.2, 0.25) is 0 Å². The third kappa shape index (κ3) is 1.41. The molecule has 0 saturated carbocycles. The van der Waals surface area contributed by atoms with Crippen molar-refractivity contribution in [3.05, 3.63) is 22.6 Å². The summed E-state index contributed by atoms with van der Waals surface area (Å²) in [6, 6.07) is 0. The minimum Gasteiger partial charge on any atom is -0.466 e. The smallest absolute Gasteiger partial charge is 0.134 e. The molecule has 1 heterocycles. The van der Waals surface area contributed by atoms with Crippen LogP contribution in [-0.2, 0) is 24.1 Å². The minimum absolute atomic E-state index is 0.221. The summed E-state index contributed by atoms with van der Waals surface area (Å²) in [5.41, 5.74) is 2.47. The van der Waals surface area contributed by atoms with Gasteiger partial charge in [-0.1, -0.05) is 0 Å². The number of carbonyl (C=O) groups excluding carboxylic acids is 1. The molecule has 70 valence electrons. The maximum Gasteiger partial charge on any atom is 0.134 e. The first-order valence-electron chi connectivity index (χ1n) is 4.78. The summed E-state index contributed by atoms with van der Waals surface area (Å²) in [7, 11) is 0. The molecule has 1 aliphatic carbocycles. The first-order chi connectivity index (χ1) is 6.18. The first-order valence-corrected chi connectivity index (χ1v) is 4.78. The van der Waals surface area contributed by atoms with E-state index in [0.717, 1.165) is 29.9 Å². The largest absolute Gasteiger partial charge is 0.466 e. The molecule has 0 unspecified atom stereocenters. The predicted octanol–water partition coefficient (Wildman–Crippen LogP) is 2.21. The fourth-order valence-corrected chi connectivity index (χ4v) is 2.09. The minimum atomic E-state index is 0.221. The number of rotatable bonds is 2. The molecule has 0 amide bonds. The average Bonchev–Trinajstić information content (AvgIpc) is 2.55. The number of hydrogen-bond donors (Lipinski definition) is 0. The number of Topliss-reactive ketones (excluding diaryl/α,β-unsaturated/α-hetero) is 1. The van der Waals surface area contributed by atoms with E-state index in [0.29, 0.717) is 6.42 Å². The lowest BCUT2D eigenvalue weighted by molar-refractivity contribution is -0.116. The van der Waals surface area contributed by atoms with Gasteiger partial charge in [0.25, 0.3) is 0 Å². The predicted molar refractivity (Wildman–Crippen MR) is 49.9 cm³/mol. The van der Waals surface area contributed by atoms with Gasteiger partial charge in [0.1, 0.15) is 17.3 Å². The topological polar surface area (TPSA) is 30.2 Å². The average molecular weight is 178 g/mol. The van der Waals surface area contributed by atoms with E-state index in [-0.39, 0.29) is 5.78 Å². The zero-order valence-electron chi connectivity index (χ0n) is 8.14. The molecule has 1 aromatic rings. The van der Waals surface area contributed by atoms with Crippen LogP contribution in [0.25, 0.3) is 0 Å². The van der Waals surface area contributed by atoms with Gasteiger partial charge in [-0.15, -0.1) is 0 Å². The van der Waals surface area contributed by atoms with Crippen molar-refractivity contribution in [2.75, 3.05) is 0 Å². The van der Waals surface area contributed by atoms with Crippen molar-refractivity contribution in [2.24, 2.45) is 0 Å². The van der Waals surface area contributed by atoms with E-state index in [4.69, 9.17) is 4.42 Å². The molecule has 13 heavy (non-hydrogen) atoms. The van der Waals surface area contributed by atoms with Crippen LogP contribution < -0.4 is 0 Å². The third-order valence-corrected chi connectivity index (χ3v) is 2.66. The maximum atomic E-state index is 11.0. The van der Waals surface area contributed by atoms with Crippen molar-refractivity contribution in [1.29, 1.82) is 0 Å². The molecule has 2 heteroatoms. The molecule has 1 aliphatic rings. The van der Waals surface area contributed by atoms with E-state index in [1.807, 2.05) is 6.92 Å². The van der Waals surface area contributed by atoms with Gasteiger partial charge in [-0.3, -0.25) is 4.79 Å². The fraction of sp³-hybridized carbons (Fsp3) is 0.545. The van der Waals surface area contributed by atoms with Gasteiger partial charge >= 0.3 is 0 Å². The molecule has 0 atom stereocenters. The Labute approximate surface area is 77.9 Å². The highest BCUT2D eigenvalue weighted by atomic mass is 16.3. The number of aryl methyl sites for hydroxylation is 2. The van der Waals surface area contributed by atoms with Crippen molar-refractivity contribution in [3.8, 4) is 0 Å². The highest BCUT2D eigenvalue weighted by molar-refractivity contribution is 5.79. The van der Waals surface area contributed by atoms with Gasteiger partial charge in [-0.2, -0.15) is 0 Å². The first kappa shape index (κ1) is 8.54. The highest BCUT2D eigenvalue weighted by Gasteiger charge is 2.22. The molecule has 2 rings (SSSR count). The lowest BCUT2D eigenvalue weighted by Gasteiger charge is -1.97. The summed E-state index contributed by atoms with van der Waals surface area (Å²) in [5.74, 6) is 2.28. The second-order valence-electron chi connectivity index (χ2n) is 3.77. The molecule has 0 radical (unpaired) electrons. The highest BCUT2D eigenvalue weighted by Crippen LogP contribution is 2.30. The van der Waals surface area contributed by atoms with E-state index >= 15 is 0 Å². The number of ketones is 1. The van der Waals surface area contributed by atoms with Crippen LogP contribution in [0.3, 0.4) is 0 Å². The normalized spacial score (nSPS) is 14.6. The van der Waals surface area contributed by atoms with Gasteiger partial charge in [0, 0.05) is 18.4 Å². The second kappa shape index (κ2) is 3.02. The molecule has 0 N–H and O–H groups in total. The van der Waals surface area contributed by atoms with Gasteiger partial charge < -0.3 is 4.42 Å². The van der Waals surface area contributed by atoms with Crippen LogP contribution in [0.1, 0.15) is 36.0 Å². The van der Waals surface area contributed by atoms with E-state index < -0.39 is 0 Å². The number of carbonyl (C=O) groups is 1. The Morgan fingerprint density at radius 1 is 1.46 bits per heavy atom. The number of hydrogen-bond acceptors (Lipinski definition) is 2. The van der Waals surface area contributed by atoms with Crippen LogP contribution in [0, 0.1) is 6.92 Å². The van der Waals surface area contributed by atoms with Gasteiger partial charge in [0.05, 0.1) is 0 Å². The molecule has 0 aliphatic heterocycles. The Kier molecular flexibility index (Phi) is 1.98. The lowest BCUT2D eigenvalue weighted by atomic mass is 10.0. The number of fused-ring (bicyclic) bond motifs is 1. The Morgan fingerprint density at radius 2 is 2.23 bits per heavy atom. The van der Waals surface area contributed by atoms with Crippen molar-refractivity contribution in [3.63, 3.8) is 0 Å². The molecule has 0 bridgehead atoms. The molecule has 2 nitrogen and oxygen atoms in total. The van der Waals surface area contributed by atoms with Crippen LogP contribution in [0.15, 0.2) is 4.42 Å². The van der Waals surface area contributed by atoms with Gasteiger partial charge in [0.15, 0.2) is 0 Å². The maximum absolute atomic E-state index is 11.0. The summed E-state index contributed by atoms with van der Waals surface area (Å²) in [6.07, 6.45) is 3.87. The van der Waals surface area contributed by atoms with Crippen LogP contribution in [0.5, 0.6) is 0 Å².